The molecule has 1 atom stereocenters. The van der Waals surface area contributed by atoms with Crippen LogP contribution in [0.15, 0.2) is 24.3 Å². The van der Waals surface area contributed by atoms with Gasteiger partial charge in [0.15, 0.2) is 0 Å². The number of aliphatic carboxylic acids is 1. The van der Waals surface area contributed by atoms with Gasteiger partial charge in [-0.05, 0) is 24.1 Å². The third-order valence-corrected chi connectivity index (χ3v) is 1.71. The van der Waals surface area contributed by atoms with Gasteiger partial charge in [-0.2, -0.15) is 0 Å². The summed E-state index contributed by atoms with van der Waals surface area (Å²) in [5.74, 6) is -0.860. The van der Waals surface area contributed by atoms with E-state index in [0.29, 0.717) is 0 Å². The lowest BCUT2D eigenvalue weighted by molar-refractivity contribution is -0.138. The van der Waals surface area contributed by atoms with Crippen molar-refractivity contribution in [3.63, 3.8) is 0 Å². The molecule has 0 aliphatic carbocycles. The molecular weight excluding hydrogens is 169 g/mol. The van der Waals surface area contributed by atoms with E-state index in [1.165, 1.54) is 12.1 Å². The Hall–Kier alpha value is -1.55. The summed E-state index contributed by atoms with van der Waals surface area (Å²) in [6.45, 7) is 0. The van der Waals surface area contributed by atoms with Crippen LogP contribution in [0, 0.1) is 0 Å². The smallest absolute Gasteiger partial charge is 0.320 e. The van der Waals surface area contributed by atoms with Crippen LogP contribution in [0.4, 0.5) is 0 Å². The first-order chi connectivity index (χ1) is 6.09. The molecule has 4 heteroatoms. The predicted octanol–water partition coefficient (Wildman–Crippen LogP) is 0.347. The largest absolute Gasteiger partial charge is 0.508 e. The van der Waals surface area contributed by atoms with Gasteiger partial charge in [0.25, 0.3) is 0 Å². The minimum atomic E-state index is -1.02. The number of carboxylic acid groups (broad SMARTS) is 1. The third-order valence-electron chi connectivity index (χ3n) is 1.71. The van der Waals surface area contributed by atoms with Crippen LogP contribution in [0.1, 0.15) is 5.56 Å². The summed E-state index contributed by atoms with van der Waals surface area (Å²) in [6, 6.07) is 5.42. The Kier molecular flexibility index (Phi) is 2.87. The van der Waals surface area contributed by atoms with Gasteiger partial charge >= 0.3 is 5.97 Å². The molecule has 0 saturated carbocycles. The average Bonchev–Trinajstić information content (AvgIpc) is 2.08. The number of phenols is 1. The zero-order chi connectivity index (χ0) is 9.84. The van der Waals surface area contributed by atoms with Gasteiger partial charge in [-0.1, -0.05) is 12.1 Å². The summed E-state index contributed by atoms with van der Waals surface area (Å²) in [4.78, 5) is 10.4. The van der Waals surface area contributed by atoms with Crippen molar-refractivity contribution in [1.29, 1.82) is 0 Å². The van der Waals surface area contributed by atoms with E-state index in [-0.39, 0.29) is 12.2 Å². The third kappa shape index (κ3) is 2.76. The van der Waals surface area contributed by atoms with Crippen LogP contribution in [0.2, 0.25) is 0 Å². The van der Waals surface area contributed by atoms with Crippen LogP contribution < -0.4 is 5.73 Å². The normalized spacial score (nSPS) is 12.4. The van der Waals surface area contributed by atoms with Crippen molar-refractivity contribution in [2.24, 2.45) is 5.73 Å². The molecule has 13 heavy (non-hydrogen) atoms. The average molecular weight is 180 g/mol. The number of hydrogen-bond acceptors (Lipinski definition) is 3. The van der Waals surface area contributed by atoms with Crippen LogP contribution in [0.25, 0.3) is 0 Å². The standard InChI is InChI=1S/C9H11NO3/c10-8(9(12)13)5-6-1-3-7(11)4-2-6/h1-4,8,11H,5,10H2,(H,12,13)/i10-1. The maximum atomic E-state index is 10.4. The Morgan fingerprint density at radius 1 is 1.38 bits per heavy atom. The van der Waals surface area contributed by atoms with Gasteiger partial charge in [-0.15, -0.1) is 0 Å². The van der Waals surface area contributed by atoms with Gasteiger partial charge in [0.2, 0.25) is 0 Å². The fraction of sp³-hybridized carbons (Fsp3) is 0.222. The maximum Gasteiger partial charge on any atom is 0.320 e. The molecule has 0 bridgehead atoms. The molecule has 0 fully saturated rings. The first-order valence-corrected chi connectivity index (χ1v) is 3.86. The lowest BCUT2D eigenvalue weighted by atomic mass is 10.1. The first kappa shape index (κ1) is 9.54. The summed E-state index contributed by atoms with van der Waals surface area (Å²) in [5, 5.41) is 17.5. The van der Waals surface area contributed by atoms with Crippen LogP contribution in [-0.2, 0) is 11.2 Å². The minimum Gasteiger partial charge on any atom is -0.508 e. The molecule has 0 spiro atoms. The second kappa shape index (κ2) is 3.91. The summed E-state index contributed by atoms with van der Waals surface area (Å²) >= 11 is 0. The number of carboxylic acids is 1. The van der Waals surface area contributed by atoms with E-state index >= 15 is 0 Å². The van der Waals surface area contributed by atoms with Crippen molar-refractivity contribution in [2.75, 3.05) is 0 Å². The number of phenolic OH excluding ortho intramolecular Hbond substituents is 1. The van der Waals surface area contributed by atoms with E-state index in [2.05, 4.69) is 0 Å². The van der Waals surface area contributed by atoms with E-state index < -0.39 is 12.0 Å². The highest BCUT2D eigenvalue weighted by atomic mass is 16.4. The fourth-order valence-electron chi connectivity index (χ4n) is 0.973. The topological polar surface area (TPSA) is 83.5 Å². The second-order valence-electron chi connectivity index (χ2n) is 2.82. The summed E-state index contributed by atoms with van der Waals surface area (Å²) in [5.41, 5.74) is 6.12. The Morgan fingerprint density at radius 3 is 2.38 bits per heavy atom. The molecule has 0 aromatic heterocycles. The van der Waals surface area contributed by atoms with Gasteiger partial charge in [0, 0.05) is 0 Å². The van der Waals surface area contributed by atoms with Gasteiger partial charge in [-0.25, -0.2) is 0 Å². The van der Waals surface area contributed by atoms with Crippen molar-refractivity contribution in [1.82, 2.24) is 0 Å². The molecule has 1 aromatic carbocycles. The fourth-order valence-corrected chi connectivity index (χ4v) is 0.973. The Labute approximate surface area is 75.6 Å². The van der Waals surface area contributed by atoms with Crippen molar-refractivity contribution < 1.29 is 15.0 Å². The molecule has 0 heterocycles. The number of aromatic hydroxyl groups is 1. The van der Waals surface area contributed by atoms with E-state index in [9.17, 15) is 4.79 Å². The van der Waals surface area contributed by atoms with Gasteiger partial charge < -0.3 is 15.9 Å². The van der Waals surface area contributed by atoms with Gasteiger partial charge in [-0.3, -0.25) is 4.79 Å². The van der Waals surface area contributed by atoms with E-state index in [1.807, 2.05) is 0 Å². The zero-order valence-corrected chi connectivity index (χ0v) is 6.97. The highest BCUT2D eigenvalue weighted by molar-refractivity contribution is 5.73. The van der Waals surface area contributed by atoms with Crippen LogP contribution in [0.3, 0.4) is 0 Å². The SMILES string of the molecule is [13NH2]C(Cc1ccc(O)cc1)C(=O)O. The van der Waals surface area contributed by atoms with Crippen molar-refractivity contribution in [2.45, 2.75) is 12.5 Å². The number of carbonyl (C=O) groups is 1. The Bertz CT molecular complexity index is 294. The predicted molar refractivity (Wildman–Crippen MR) is 47.4 cm³/mol. The van der Waals surface area contributed by atoms with E-state index in [1.54, 1.807) is 12.1 Å². The Morgan fingerprint density at radius 2 is 1.92 bits per heavy atom. The number of hydrogen-bond donors (Lipinski definition) is 3. The summed E-state index contributed by atoms with van der Waals surface area (Å²) < 4.78 is 0. The van der Waals surface area contributed by atoms with Gasteiger partial charge in [0.05, 0.1) is 0 Å². The minimum absolute atomic E-state index is 0.160. The molecule has 70 valence electrons. The maximum absolute atomic E-state index is 10.4. The van der Waals surface area contributed by atoms with E-state index in [4.69, 9.17) is 15.9 Å². The molecule has 0 aliphatic rings. The summed E-state index contributed by atoms with van der Waals surface area (Å²) in [6.07, 6.45) is 0.273. The molecule has 1 aromatic rings. The molecule has 1 unspecified atom stereocenters. The molecule has 1 rings (SSSR count). The first-order valence-electron chi connectivity index (χ1n) is 3.86. The van der Waals surface area contributed by atoms with Crippen LogP contribution in [0.5, 0.6) is 5.75 Å². The number of benzene rings is 1. The summed E-state index contributed by atoms with van der Waals surface area (Å²) in [7, 11) is 0. The number of rotatable bonds is 3. The van der Waals surface area contributed by atoms with Gasteiger partial charge in [0.1, 0.15) is 11.8 Å². The quantitative estimate of drug-likeness (QED) is 0.626. The highest BCUT2D eigenvalue weighted by Crippen LogP contribution is 2.10. The molecule has 0 aliphatic heterocycles. The van der Waals surface area contributed by atoms with Crippen LogP contribution in [-0.4, -0.2) is 22.2 Å². The molecule has 4 N–H and O–H groups in total. The highest BCUT2D eigenvalue weighted by Gasteiger charge is 2.11. The molecule has 0 amide bonds. The van der Waals surface area contributed by atoms with Crippen LogP contribution >= 0.6 is 0 Å². The van der Waals surface area contributed by atoms with E-state index in [0.717, 1.165) is 5.56 Å². The van der Waals surface area contributed by atoms with Crippen molar-refractivity contribution in [3.05, 3.63) is 29.8 Å². The molecular formula is C9H11NO3. The number of nitrogens with two attached hydrogens (primary N) is 1. The molecule has 4 nitrogen and oxygen atoms in total. The van der Waals surface area contributed by atoms with Crippen molar-refractivity contribution in [3.8, 4) is 5.75 Å². The zero-order valence-electron chi connectivity index (χ0n) is 6.97. The molecule has 0 saturated heterocycles. The lowest BCUT2D eigenvalue weighted by Gasteiger charge is -2.05. The second-order valence-corrected chi connectivity index (χ2v) is 2.82. The Balaban J connectivity index is 2.64. The van der Waals surface area contributed by atoms with Crippen molar-refractivity contribution >= 4 is 5.97 Å². The lowest BCUT2D eigenvalue weighted by Crippen LogP contribution is -2.32. The monoisotopic (exact) mass is 180 g/mol. The molecule has 0 radical (unpaired) electrons.